The number of carbonyl (C=O) groups excluding carboxylic acids is 1. The average Bonchev–Trinajstić information content (AvgIpc) is 2.82. The van der Waals surface area contributed by atoms with Crippen LogP contribution in [0.5, 0.6) is 11.5 Å². The van der Waals surface area contributed by atoms with Crippen LogP contribution in [0.4, 0.5) is 0 Å². The van der Waals surface area contributed by atoms with Crippen LogP contribution in [0, 0.1) is 0 Å². The van der Waals surface area contributed by atoms with Crippen molar-refractivity contribution in [2.45, 2.75) is 12.6 Å². The van der Waals surface area contributed by atoms with Crippen LogP contribution in [0.15, 0.2) is 18.2 Å². The molecule has 4 N–H and O–H groups in total. The number of fused-ring (bicyclic) bond motifs is 1. The highest BCUT2D eigenvalue weighted by atomic mass is 16.7. The summed E-state index contributed by atoms with van der Waals surface area (Å²) >= 11 is 0. The summed E-state index contributed by atoms with van der Waals surface area (Å²) in [7, 11) is 0. The molecular formula is C11H14N2O4. The van der Waals surface area contributed by atoms with Crippen LogP contribution in [-0.2, 0) is 11.3 Å². The van der Waals surface area contributed by atoms with E-state index >= 15 is 0 Å². The third-order valence-corrected chi connectivity index (χ3v) is 2.43. The molecule has 1 aliphatic rings. The van der Waals surface area contributed by atoms with Gasteiger partial charge in [0.1, 0.15) is 6.10 Å². The zero-order valence-electron chi connectivity index (χ0n) is 9.18. The van der Waals surface area contributed by atoms with E-state index in [4.69, 9.17) is 15.2 Å². The zero-order valence-corrected chi connectivity index (χ0v) is 9.18. The molecule has 1 aliphatic heterocycles. The number of hydrogen-bond donors (Lipinski definition) is 3. The molecule has 1 aromatic rings. The van der Waals surface area contributed by atoms with Crippen LogP contribution in [-0.4, -0.2) is 30.5 Å². The highest BCUT2D eigenvalue weighted by Gasteiger charge is 2.15. The number of rotatable bonds is 4. The molecule has 1 unspecified atom stereocenters. The van der Waals surface area contributed by atoms with Gasteiger partial charge in [-0.25, -0.2) is 0 Å². The van der Waals surface area contributed by atoms with Crippen LogP contribution >= 0.6 is 0 Å². The summed E-state index contributed by atoms with van der Waals surface area (Å²) in [5.41, 5.74) is 6.04. The lowest BCUT2D eigenvalue weighted by Crippen LogP contribution is -2.38. The first kappa shape index (κ1) is 11.7. The van der Waals surface area contributed by atoms with Crippen molar-refractivity contribution in [3.63, 3.8) is 0 Å². The van der Waals surface area contributed by atoms with Crippen molar-refractivity contribution in [3.05, 3.63) is 23.8 Å². The Bertz CT molecular complexity index is 422. The summed E-state index contributed by atoms with van der Waals surface area (Å²) in [6.07, 6.45) is -1.16. The van der Waals surface area contributed by atoms with E-state index in [1.165, 1.54) is 0 Å². The Labute approximate surface area is 98.3 Å². The molecule has 1 heterocycles. The van der Waals surface area contributed by atoms with E-state index in [1.54, 1.807) is 12.1 Å². The van der Waals surface area contributed by atoms with E-state index in [0.717, 1.165) is 5.56 Å². The quantitative estimate of drug-likeness (QED) is 0.648. The lowest BCUT2D eigenvalue weighted by atomic mass is 10.2. The topological polar surface area (TPSA) is 93.8 Å². The number of carbonyl (C=O) groups is 1. The Morgan fingerprint density at radius 1 is 1.47 bits per heavy atom. The predicted octanol–water partition coefficient (Wildman–Crippen LogP) is -0.649. The molecule has 0 aromatic heterocycles. The van der Waals surface area contributed by atoms with E-state index in [0.29, 0.717) is 18.0 Å². The van der Waals surface area contributed by atoms with Crippen molar-refractivity contribution >= 4 is 5.91 Å². The number of ether oxygens (including phenoxy) is 2. The average molecular weight is 238 g/mol. The molecule has 1 atom stereocenters. The van der Waals surface area contributed by atoms with Gasteiger partial charge in [-0.1, -0.05) is 6.07 Å². The van der Waals surface area contributed by atoms with Crippen molar-refractivity contribution in [3.8, 4) is 11.5 Å². The summed E-state index contributed by atoms with van der Waals surface area (Å²) < 4.78 is 10.4. The number of amides is 1. The molecule has 1 aromatic carbocycles. The van der Waals surface area contributed by atoms with E-state index in [-0.39, 0.29) is 13.3 Å². The molecule has 0 fully saturated rings. The van der Waals surface area contributed by atoms with Gasteiger partial charge in [0.25, 0.3) is 0 Å². The van der Waals surface area contributed by atoms with E-state index in [9.17, 15) is 9.90 Å². The first-order valence-corrected chi connectivity index (χ1v) is 5.25. The van der Waals surface area contributed by atoms with Crippen LogP contribution in [0.2, 0.25) is 0 Å². The molecule has 17 heavy (non-hydrogen) atoms. The smallest absolute Gasteiger partial charge is 0.250 e. The fourth-order valence-electron chi connectivity index (χ4n) is 1.46. The van der Waals surface area contributed by atoms with Gasteiger partial charge in [-0.2, -0.15) is 0 Å². The normalized spacial score (nSPS) is 14.5. The van der Waals surface area contributed by atoms with Crippen LogP contribution < -0.4 is 20.5 Å². The molecule has 0 aliphatic carbocycles. The van der Waals surface area contributed by atoms with Gasteiger partial charge < -0.3 is 25.6 Å². The number of nitrogens with one attached hydrogen (secondary N) is 1. The van der Waals surface area contributed by atoms with Gasteiger partial charge in [0.15, 0.2) is 11.5 Å². The van der Waals surface area contributed by atoms with Gasteiger partial charge >= 0.3 is 0 Å². The van der Waals surface area contributed by atoms with Gasteiger partial charge in [-0.15, -0.1) is 0 Å². The van der Waals surface area contributed by atoms with Gasteiger partial charge in [-0.05, 0) is 17.7 Å². The monoisotopic (exact) mass is 238 g/mol. The maximum Gasteiger partial charge on any atom is 0.250 e. The fourth-order valence-corrected chi connectivity index (χ4v) is 1.46. The summed E-state index contributed by atoms with van der Waals surface area (Å²) in [4.78, 5) is 11.3. The van der Waals surface area contributed by atoms with Crippen molar-refractivity contribution in [1.29, 1.82) is 0 Å². The summed E-state index contributed by atoms with van der Waals surface area (Å²) in [6.45, 7) is 0.441. The molecule has 0 saturated carbocycles. The maximum atomic E-state index is 11.3. The minimum absolute atomic E-state index is 0.0903. The molecule has 0 spiro atoms. The lowest BCUT2D eigenvalue weighted by Gasteiger charge is -2.09. The summed E-state index contributed by atoms with van der Waals surface area (Å²) in [5.74, 6) is 0.878. The first-order valence-electron chi connectivity index (χ1n) is 5.25. The van der Waals surface area contributed by atoms with Gasteiger partial charge in [0.05, 0.1) is 0 Å². The van der Waals surface area contributed by atoms with Crippen molar-refractivity contribution in [2.24, 2.45) is 5.73 Å². The predicted molar refractivity (Wildman–Crippen MR) is 59.5 cm³/mol. The minimum atomic E-state index is -1.16. The Kier molecular flexibility index (Phi) is 3.46. The Hall–Kier alpha value is -1.79. The van der Waals surface area contributed by atoms with Crippen molar-refractivity contribution in [1.82, 2.24) is 5.32 Å². The zero-order chi connectivity index (χ0) is 12.3. The second kappa shape index (κ2) is 5.03. The first-order chi connectivity index (χ1) is 8.20. The molecule has 0 bridgehead atoms. The van der Waals surface area contributed by atoms with Gasteiger partial charge in [0, 0.05) is 13.1 Å². The molecular weight excluding hydrogens is 224 g/mol. The third-order valence-electron chi connectivity index (χ3n) is 2.43. The largest absolute Gasteiger partial charge is 0.454 e. The molecule has 92 valence electrons. The number of nitrogens with two attached hydrogens (primary N) is 1. The maximum absolute atomic E-state index is 11.3. The second-order valence-electron chi connectivity index (χ2n) is 3.66. The number of hydrogen-bond acceptors (Lipinski definition) is 5. The number of benzene rings is 1. The standard InChI is InChI=1S/C11H14N2O4/c12-4-8(14)11(15)13-5-7-1-2-9-10(3-7)17-6-16-9/h1-3,8,14H,4-6,12H2,(H,13,15). The van der Waals surface area contributed by atoms with Crippen molar-refractivity contribution < 1.29 is 19.4 Å². The summed E-state index contributed by atoms with van der Waals surface area (Å²) in [6, 6.07) is 5.39. The second-order valence-corrected chi connectivity index (χ2v) is 3.66. The number of aliphatic hydroxyl groups is 1. The Morgan fingerprint density at radius 3 is 3.00 bits per heavy atom. The lowest BCUT2D eigenvalue weighted by molar-refractivity contribution is -0.128. The molecule has 2 rings (SSSR count). The van der Waals surface area contributed by atoms with Crippen LogP contribution in [0.25, 0.3) is 0 Å². The molecule has 6 heteroatoms. The van der Waals surface area contributed by atoms with E-state index in [1.807, 2.05) is 6.07 Å². The Morgan fingerprint density at radius 2 is 2.24 bits per heavy atom. The highest BCUT2D eigenvalue weighted by Crippen LogP contribution is 2.32. The van der Waals surface area contributed by atoms with Gasteiger partial charge in [0.2, 0.25) is 12.7 Å². The Balaban J connectivity index is 1.93. The SMILES string of the molecule is NCC(O)C(=O)NCc1ccc2c(c1)OCO2. The third kappa shape index (κ3) is 2.66. The van der Waals surface area contributed by atoms with Crippen LogP contribution in [0.1, 0.15) is 5.56 Å². The van der Waals surface area contributed by atoms with Crippen LogP contribution in [0.3, 0.4) is 0 Å². The fraction of sp³-hybridized carbons (Fsp3) is 0.364. The van der Waals surface area contributed by atoms with E-state index < -0.39 is 12.0 Å². The molecule has 6 nitrogen and oxygen atoms in total. The van der Waals surface area contributed by atoms with E-state index in [2.05, 4.69) is 5.32 Å². The summed E-state index contributed by atoms with van der Waals surface area (Å²) in [5, 5.41) is 11.8. The molecule has 1 amide bonds. The minimum Gasteiger partial charge on any atom is -0.454 e. The van der Waals surface area contributed by atoms with Crippen molar-refractivity contribution in [2.75, 3.05) is 13.3 Å². The highest BCUT2D eigenvalue weighted by molar-refractivity contribution is 5.80. The molecule has 0 saturated heterocycles. The van der Waals surface area contributed by atoms with Gasteiger partial charge in [-0.3, -0.25) is 4.79 Å². The molecule has 0 radical (unpaired) electrons. The number of aliphatic hydroxyl groups excluding tert-OH is 1.